The Labute approximate surface area is 203 Å². The highest BCUT2D eigenvalue weighted by molar-refractivity contribution is 7.88. The molecule has 1 aliphatic rings. The van der Waals surface area contributed by atoms with Gasteiger partial charge in [-0.3, -0.25) is 4.79 Å². The molecule has 1 fully saturated rings. The minimum absolute atomic E-state index is 0.0557. The molecule has 2 aromatic carbocycles. The number of sulfonamides is 1. The molecule has 0 atom stereocenters. The van der Waals surface area contributed by atoms with Gasteiger partial charge in [-0.1, -0.05) is 41.4 Å². The molecule has 174 valence electrons. The molecule has 0 unspecified atom stereocenters. The van der Waals surface area contributed by atoms with Crippen LogP contribution >= 0.6 is 23.2 Å². The van der Waals surface area contributed by atoms with Crippen LogP contribution in [-0.2, 0) is 27.1 Å². The first kappa shape index (κ1) is 23.8. The molecule has 0 radical (unpaired) electrons. The second-order valence-corrected chi connectivity index (χ2v) is 10.8. The fourth-order valence-electron chi connectivity index (χ4n) is 3.87. The summed E-state index contributed by atoms with van der Waals surface area (Å²) in [6, 6.07) is 12.8. The molecule has 1 saturated heterocycles. The highest BCUT2D eigenvalue weighted by atomic mass is 35.5. The first-order chi connectivity index (χ1) is 15.8. The van der Waals surface area contributed by atoms with E-state index in [1.165, 1.54) is 4.31 Å². The molecule has 2 heterocycles. The average molecular weight is 507 g/mol. The normalized spacial score (nSPS) is 15.5. The largest absolute Gasteiger partial charge is 0.352 e. The molecule has 3 aromatic rings. The predicted octanol–water partition coefficient (Wildman–Crippen LogP) is 4.04. The summed E-state index contributed by atoms with van der Waals surface area (Å²) in [6.07, 6.45) is 6.26. The minimum Gasteiger partial charge on any atom is -0.352 e. The molecule has 4 rings (SSSR count). The van der Waals surface area contributed by atoms with Gasteiger partial charge in [-0.05, 0) is 42.7 Å². The number of rotatable bonds is 7. The number of piperidine rings is 1. The summed E-state index contributed by atoms with van der Waals surface area (Å²) in [7, 11) is -3.58. The highest BCUT2D eigenvalue weighted by Gasteiger charge is 2.31. The maximum atomic E-state index is 12.9. The number of carbonyl (C=O) groups excluding carboxylic acids is 1. The van der Waals surface area contributed by atoms with Crippen LogP contribution in [0.15, 0.2) is 61.2 Å². The maximum absolute atomic E-state index is 12.9. The molecule has 0 bridgehead atoms. The van der Waals surface area contributed by atoms with Gasteiger partial charge < -0.3 is 9.88 Å². The van der Waals surface area contributed by atoms with Gasteiger partial charge in [0.25, 0.3) is 0 Å². The first-order valence-electron chi connectivity index (χ1n) is 10.6. The summed E-state index contributed by atoms with van der Waals surface area (Å²) in [5.41, 5.74) is 2.39. The van der Waals surface area contributed by atoms with Crippen LogP contribution in [0.1, 0.15) is 24.0 Å². The Hall–Kier alpha value is -2.39. The number of nitrogens with zero attached hydrogens (tertiary/aromatic N) is 3. The first-order valence-corrected chi connectivity index (χ1v) is 13.0. The van der Waals surface area contributed by atoms with E-state index in [9.17, 15) is 13.2 Å². The zero-order valence-electron chi connectivity index (χ0n) is 17.8. The third kappa shape index (κ3) is 5.76. The lowest BCUT2D eigenvalue weighted by Crippen LogP contribution is -2.43. The third-order valence-electron chi connectivity index (χ3n) is 5.81. The van der Waals surface area contributed by atoms with Crippen molar-refractivity contribution in [3.63, 3.8) is 0 Å². The van der Waals surface area contributed by atoms with E-state index in [0.717, 1.165) is 11.3 Å². The monoisotopic (exact) mass is 506 g/mol. The van der Waals surface area contributed by atoms with Gasteiger partial charge in [-0.25, -0.2) is 17.7 Å². The van der Waals surface area contributed by atoms with E-state index in [4.69, 9.17) is 23.2 Å². The summed E-state index contributed by atoms with van der Waals surface area (Å²) in [6.45, 7) is 1.01. The number of carbonyl (C=O) groups is 1. The van der Waals surface area contributed by atoms with Gasteiger partial charge >= 0.3 is 0 Å². The van der Waals surface area contributed by atoms with Crippen LogP contribution in [0.4, 0.5) is 0 Å². The predicted molar refractivity (Wildman–Crippen MR) is 129 cm³/mol. The van der Waals surface area contributed by atoms with Crippen molar-refractivity contribution in [3.8, 4) is 5.69 Å². The van der Waals surface area contributed by atoms with Crippen molar-refractivity contribution in [2.45, 2.75) is 25.1 Å². The SMILES string of the molecule is O=C(NCc1ccc(-n2ccnc2)cc1)C1CCN(S(=O)(=O)Cc2c(Cl)cccc2Cl)CC1. The molecule has 33 heavy (non-hydrogen) atoms. The van der Waals surface area contributed by atoms with Gasteiger partial charge in [0.2, 0.25) is 15.9 Å². The molecule has 0 saturated carbocycles. The fraction of sp³-hybridized carbons (Fsp3) is 0.304. The van der Waals surface area contributed by atoms with Crippen LogP contribution in [0, 0.1) is 5.92 Å². The van der Waals surface area contributed by atoms with Crippen molar-refractivity contribution in [1.29, 1.82) is 0 Å². The quantitative estimate of drug-likeness (QED) is 0.523. The number of nitrogens with one attached hydrogen (secondary N) is 1. The van der Waals surface area contributed by atoms with Gasteiger partial charge in [0.05, 0.1) is 12.1 Å². The number of aromatic nitrogens is 2. The Morgan fingerprint density at radius 2 is 1.73 bits per heavy atom. The molecule has 1 N–H and O–H groups in total. The van der Waals surface area contributed by atoms with Gasteiger partial charge in [0.15, 0.2) is 0 Å². The Balaban J connectivity index is 1.28. The fourth-order valence-corrected chi connectivity index (χ4v) is 6.19. The van der Waals surface area contributed by atoms with Crippen LogP contribution in [0.25, 0.3) is 5.69 Å². The summed E-state index contributed by atoms with van der Waals surface area (Å²) in [5.74, 6) is -0.525. The molecular weight excluding hydrogens is 483 g/mol. The van der Waals surface area contributed by atoms with Crippen LogP contribution in [-0.4, -0.2) is 41.3 Å². The van der Waals surface area contributed by atoms with Gasteiger partial charge in [-0.2, -0.15) is 0 Å². The third-order valence-corrected chi connectivity index (χ3v) is 8.33. The van der Waals surface area contributed by atoms with Gasteiger partial charge in [-0.15, -0.1) is 0 Å². The maximum Gasteiger partial charge on any atom is 0.223 e. The number of benzene rings is 2. The number of halogens is 2. The number of hydrogen-bond donors (Lipinski definition) is 1. The van der Waals surface area contributed by atoms with Crippen molar-refractivity contribution in [2.75, 3.05) is 13.1 Å². The second-order valence-electron chi connectivity index (χ2n) is 7.98. The summed E-state index contributed by atoms with van der Waals surface area (Å²) in [5, 5.41) is 3.63. The van der Waals surface area contributed by atoms with Crippen LogP contribution < -0.4 is 5.32 Å². The van der Waals surface area contributed by atoms with E-state index >= 15 is 0 Å². The molecule has 10 heteroatoms. The highest BCUT2D eigenvalue weighted by Crippen LogP contribution is 2.29. The average Bonchev–Trinajstić information content (AvgIpc) is 3.35. The molecule has 0 spiro atoms. The van der Waals surface area contributed by atoms with E-state index in [2.05, 4.69) is 10.3 Å². The topological polar surface area (TPSA) is 84.3 Å². The number of hydrogen-bond acceptors (Lipinski definition) is 4. The lowest BCUT2D eigenvalue weighted by molar-refractivity contribution is -0.126. The van der Waals surface area contributed by atoms with E-state index in [0.29, 0.717) is 48.1 Å². The van der Waals surface area contributed by atoms with E-state index in [1.54, 1.807) is 30.7 Å². The van der Waals surface area contributed by atoms with Gasteiger partial charge in [0, 0.05) is 59.2 Å². The van der Waals surface area contributed by atoms with Crippen molar-refractivity contribution in [3.05, 3.63) is 82.4 Å². The molecule has 1 aliphatic heterocycles. The summed E-state index contributed by atoms with van der Waals surface area (Å²) >= 11 is 12.3. The summed E-state index contributed by atoms with van der Waals surface area (Å²) < 4.78 is 29.1. The zero-order chi connectivity index (χ0) is 23.4. The smallest absolute Gasteiger partial charge is 0.223 e. The van der Waals surface area contributed by atoms with Crippen LogP contribution in [0.5, 0.6) is 0 Å². The Morgan fingerprint density at radius 3 is 2.33 bits per heavy atom. The molecule has 0 aliphatic carbocycles. The molecule has 1 amide bonds. The van der Waals surface area contributed by atoms with E-state index < -0.39 is 10.0 Å². The lowest BCUT2D eigenvalue weighted by atomic mass is 9.97. The van der Waals surface area contributed by atoms with Crippen molar-refractivity contribution < 1.29 is 13.2 Å². The Kier molecular flexibility index (Phi) is 7.38. The standard InChI is InChI=1S/C23H24Cl2N4O3S/c24-21-2-1-3-22(25)20(21)15-33(31,32)29-11-8-18(9-12-29)23(30)27-14-17-4-6-19(7-5-17)28-13-10-26-16-28/h1-7,10,13,16,18H,8-9,11-12,14-15H2,(H,27,30). The number of amides is 1. The Bertz CT molecular complexity index is 1190. The second kappa shape index (κ2) is 10.3. The lowest BCUT2D eigenvalue weighted by Gasteiger charge is -2.30. The van der Waals surface area contributed by atoms with Crippen LogP contribution in [0.2, 0.25) is 10.0 Å². The van der Waals surface area contributed by atoms with Gasteiger partial charge in [0.1, 0.15) is 0 Å². The molecular formula is C23H24Cl2N4O3S. The zero-order valence-corrected chi connectivity index (χ0v) is 20.2. The van der Waals surface area contributed by atoms with Crippen molar-refractivity contribution in [2.24, 2.45) is 5.92 Å². The molecule has 7 nitrogen and oxygen atoms in total. The Morgan fingerprint density at radius 1 is 1.06 bits per heavy atom. The van der Waals surface area contributed by atoms with Crippen LogP contribution in [0.3, 0.4) is 0 Å². The summed E-state index contributed by atoms with van der Waals surface area (Å²) in [4.78, 5) is 16.7. The van der Waals surface area contributed by atoms with Crippen molar-refractivity contribution in [1.82, 2.24) is 19.2 Å². The van der Waals surface area contributed by atoms with E-state index in [-0.39, 0.29) is 17.6 Å². The van der Waals surface area contributed by atoms with Crippen molar-refractivity contribution >= 4 is 39.1 Å². The number of imidazole rings is 1. The minimum atomic E-state index is -3.58. The molecule has 1 aromatic heterocycles. The van der Waals surface area contributed by atoms with E-state index in [1.807, 2.05) is 35.0 Å².